The van der Waals surface area contributed by atoms with E-state index in [2.05, 4.69) is 4.98 Å². The van der Waals surface area contributed by atoms with Crippen LogP contribution in [0.3, 0.4) is 0 Å². The molecular weight excluding hydrogens is 366 g/mol. The van der Waals surface area contributed by atoms with Gasteiger partial charge >= 0.3 is 0 Å². The average molecular weight is 381 g/mol. The first-order chi connectivity index (χ1) is 12.2. The predicted molar refractivity (Wildman–Crippen MR) is 92.3 cm³/mol. The number of halogens is 3. The maximum atomic E-state index is 14.4. The molecule has 1 aromatic carbocycles. The van der Waals surface area contributed by atoms with Crippen LogP contribution in [0.25, 0.3) is 11.1 Å². The zero-order chi connectivity index (χ0) is 19.2. The Bertz CT molecular complexity index is 1000. The smallest absolute Gasteiger partial charge is 0.265 e. The molecule has 4 N–H and O–H groups in total. The number of furan rings is 1. The van der Waals surface area contributed by atoms with Gasteiger partial charge in [-0.25, -0.2) is 4.39 Å². The topological polar surface area (TPSA) is 92.2 Å². The largest absolute Gasteiger partial charge is 0.505 e. The van der Waals surface area contributed by atoms with Crippen LogP contribution in [0.15, 0.2) is 22.8 Å². The number of aromatic hydroxyl groups is 1. The van der Waals surface area contributed by atoms with Crippen molar-refractivity contribution in [1.82, 2.24) is 4.98 Å². The Labute approximate surface area is 152 Å². The standard InChI is InChI=1S/C18H15ClF2N2O3/c1-7-6-26-8(2)10(7)5-11-13(17(19)23-16(11)18(22)25)9-3-4-12(24)15(21)14(9)20/h3-4,6,23-24H,5H2,1-2H3,(H2,22,25). The second-order valence-electron chi connectivity index (χ2n) is 5.92. The van der Waals surface area contributed by atoms with Crippen LogP contribution in [0.1, 0.15) is 32.9 Å². The van der Waals surface area contributed by atoms with Crippen LogP contribution in [-0.4, -0.2) is 16.0 Å². The summed E-state index contributed by atoms with van der Waals surface area (Å²) in [6.45, 7) is 3.57. The van der Waals surface area contributed by atoms with Gasteiger partial charge in [0.1, 0.15) is 16.6 Å². The molecule has 0 aliphatic carbocycles. The van der Waals surface area contributed by atoms with Crippen molar-refractivity contribution in [1.29, 1.82) is 0 Å². The lowest BCUT2D eigenvalue weighted by atomic mass is 9.95. The molecule has 0 aliphatic rings. The number of primary amides is 1. The zero-order valence-electron chi connectivity index (χ0n) is 13.9. The normalized spacial score (nSPS) is 11.1. The molecule has 0 fully saturated rings. The first-order valence-electron chi connectivity index (χ1n) is 7.63. The summed E-state index contributed by atoms with van der Waals surface area (Å²) < 4.78 is 33.6. The van der Waals surface area contributed by atoms with E-state index in [0.717, 1.165) is 17.2 Å². The number of nitrogens with one attached hydrogen (secondary N) is 1. The number of aryl methyl sites for hydroxylation is 2. The van der Waals surface area contributed by atoms with Crippen LogP contribution in [0, 0.1) is 25.5 Å². The SMILES string of the molecule is Cc1coc(C)c1Cc1c(C(N)=O)[nH]c(Cl)c1-c1ccc(O)c(F)c1F. The fourth-order valence-electron chi connectivity index (χ4n) is 2.94. The van der Waals surface area contributed by atoms with Crippen LogP contribution < -0.4 is 5.73 Å². The summed E-state index contributed by atoms with van der Waals surface area (Å²) in [5, 5.41) is 9.28. The van der Waals surface area contributed by atoms with Crippen molar-refractivity contribution in [2.24, 2.45) is 5.73 Å². The summed E-state index contributed by atoms with van der Waals surface area (Å²) in [5.41, 5.74) is 7.26. The molecular formula is C18H15ClF2N2O3. The molecule has 0 aliphatic heterocycles. The van der Waals surface area contributed by atoms with Gasteiger partial charge in [0.25, 0.3) is 5.91 Å². The van der Waals surface area contributed by atoms with Crippen molar-refractivity contribution in [2.75, 3.05) is 0 Å². The number of amides is 1. The van der Waals surface area contributed by atoms with Gasteiger partial charge in [-0.2, -0.15) is 4.39 Å². The summed E-state index contributed by atoms with van der Waals surface area (Å²) in [4.78, 5) is 14.5. The maximum absolute atomic E-state index is 14.4. The third-order valence-electron chi connectivity index (χ3n) is 4.30. The van der Waals surface area contributed by atoms with E-state index in [1.807, 2.05) is 6.92 Å². The maximum Gasteiger partial charge on any atom is 0.265 e. The van der Waals surface area contributed by atoms with Crippen LogP contribution in [0.4, 0.5) is 8.78 Å². The van der Waals surface area contributed by atoms with E-state index in [4.69, 9.17) is 21.8 Å². The number of aromatic nitrogens is 1. The van der Waals surface area contributed by atoms with Gasteiger partial charge in [-0.1, -0.05) is 11.6 Å². The Morgan fingerprint density at radius 3 is 2.54 bits per heavy atom. The fourth-order valence-corrected chi connectivity index (χ4v) is 3.25. The number of nitrogens with two attached hydrogens (primary N) is 1. The quantitative estimate of drug-likeness (QED) is 0.632. The molecule has 0 atom stereocenters. The molecule has 2 aromatic heterocycles. The summed E-state index contributed by atoms with van der Waals surface area (Å²) in [7, 11) is 0. The van der Waals surface area contributed by atoms with Crippen LogP contribution >= 0.6 is 11.6 Å². The second kappa shape index (κ2) is 6.49. The van der Waals surface area contributed by atoms with Crippen molar-refractivity contribution in [3.8, 4) is 16.9 Å². The third-order valence-corrected chi connectivity index (χ3v) is 4.59. The van der Waals surface area contributed by atoms with Gasteiger partial charge in [0.05, 0.1) is 6.26 Å². The minimum Gasteiger partial charge on any atom is -0.505 e. The molecule has 136 valence electrons. The van der Waals surface area contributed by atoms with Crippen molar-refractivity contribution in [3.63, 3.8) is 0 Å². The Kier molecular flexibility index (Phi) is 4.50. The molecule has 3 aromatic rings. The minimum atomic E-state index is -1.40. The Hall–Kier alpha value is -2.80. The van der Waals surface area contributed by atoms with Crippen molar-refractivity contribution in [3.05, 3.63) is 63.3 Å². The van der Waals surface area contributed by atoms with Crippen LogP contribution in [0.5, 0.6) is 5.75 Å². The van der Waals surface area contributed by atoms with Crippen LogP contribution in [0.2, 0.25) is 5.15 Å². The molecule has 0 spiro atoms. The Morgan fingerprint density at radius 1 is 1.27 bits per heavy atom. The third kappa shape index (κ3) is 2.84. The second-order valence-corrected chi connectivity index (χ2v) is 6.30. The number of phenolic OH excluding ortho intramolecular Hbond substituents is 1. The monoisotopic (exact) mass is 380 g/mol. The number of carbonyl (C=O) groups is 1. The van der Waals surface area contributed by atoms with E-state index in [1.165, 1.54) is 6.07 Å². The van der Waals surface area contributed by atoms with Gasteiger partial charge in [-0.15, -0.1) is 0 Å². The fraction of sp³-hybridized carbons (Fsp3) is 0.167. The molecule has 0 saturated carbocycles. The molecule has 0 unspecified atom stereocenters. The summed E-state index contributed by atoms with van der Waals surface area (Å²) in [5.74, 6) is -3.66. The van der Waals surface area contributed by atoms with E-state index in [0.29, 0.717) is 11.3 Å². The van der Waals surface area contributed by atoms with Gasteiger partial charge in [-0.05, 0) is 37.1 Å². The summed E-state index contributed by atoms with van der Waals surface area (Å²) in [6.07, 6.45) is 1.73. The number of carbonyl (C=O) groups excluding carboxylic acids is 1. The highest BCUT2D eigenvalue weighted by molar-refractivity contribution is 6.33. The molecule has 1 amide bonds. The van der Waals surface area contributed by atoms with Crippen molar-refractivity contribution < 1.29 is 23.1 Å². The number of rotatable bonds is 4. The molecule has 26 heavy (non-hydrogen) atoms. The molecule has 0 saturated heterocycles. The Morgan fingerprint density at radius 2 is 1.96 bits per heavy atom. The van der Waals surface area contributed by atoms with Gasteiger partial charge < -0.3 is 20.2 Å². The highest BCUT2D eigenvalue weighted by Crippen LogP contribution is 2.39. The van der Waals surface area contributed by atoms with E-state index in [9.17, 15) is 18.7 Å². The average Bonchev–Trinajstić information content (AvgIpc) is 3.07. The van der Waals surface area contributed by atoms with E-state index in [-0.39, 0.29) is 28.4 Å². The number of H-pyrrole nitrogens is 1. The number of aromatic amines is 1. The number of hydrogen-bond acceptors (Lipinski definition) is 3. The Balaban J connectivity index is 2.27. The van der Waals surface area contributed by atoms with Gasteiger partial charge in [0, 0.05) is 23.1 Å². The number of hydrogen-bond donors (Lipinski definition) is 3. The van der Waals surface area contributed by atoms with Crippen LogP contribution in [-0.2, 0) is 6.42 Å². The van der Waals surface area contributed by atoms with Gasteiger partial charge in [0.15, 0.2) is 11.6 Å². The van der Waals surface area contributed by atoms with E-state index < -0.39 is 23.3 Å². The lowest BCUT2D eigenvalue weighted by Gasteiger charge is -2.09. The molecule has 0 bridgehead atoms. The van der Waals surface area contributed by atoms with Gasteiger partial charge in [-0.3, -0.25) is 4.79 Å². The van der Waals surface area contributed by atoms with E-state index >= 15 is 0 Å². The molecule has 3 rings (SSSR count). The molecule has 8 heteroatoms. The first-order valence-corrected chi connectivity index (χ1v) is 8.01. The molecule has 5 nitrogen and oxygen atoms in total. The van der Waals surface area contributed by atoms with Crippen molar-refractivity contribution >= 4 is 17.5 Å². The number of phenols is 1. The van der Waals surface area contributed by atoms with Crippen molar-refractivity contribution in [2.45, 2.75) is 20.3 Å². The summed E-state index contributed by atoms with van der Waals surface area (Å²) >= 11 is 6.17. The lowest BCUT2D eigenvalue weighted by Crippen LogP contribution is -2.14. The predicted octanol–water partition coefficient (Wildman–Crippen LogP) is 4.22. The molecule has 0 radical (unpaired) electrons. The summed E-state index contributed by atoms with van der Waals surface area (Å²) in [6, 6.07) is 2.20. The highest BCUT2D eigenvalue weighted by Gasteiger charge is 2.26. The van der Waals surface area contributed by atoms with Gasteiger partial charge in [0.2, 0.25) is 5.82 Å². The molecule has 2 heterocycles. The highest BCUT2D eigenvalue weighted by atomic mass is 35.5. The zero-order valence-corrected chi connectivity index (χ0v) is 14.7. The van der Waals surface area contributed by atoms with E-state index in [1.54, 1.807) is 13.2 Å². The lowest BCUT2D eigenvalue weighted by molar-refractivity contribution is 0.0995. The first kappa shape index (κ1) is 18.0. The minimum absolute atomic E-state index is 0.00196. The number of benzene rings is 1.